The van der Waals surface area contributed by atoms with Crippen molar-refractivity contribution < 1.29 is 0 Å². The third kappa shape index (κ3) is 6.05. The Bertz CT molecular complexity index is 443. The molecule has 0 aliphatic rings. The highest BCUT2D eigenvalue weighted by molar-refractivity contribution is 5.06. The fraction of sp³-hybridized carbons (Fsp3) is 0.444. The van der Waals surface area contributed by atoms with Gasteiger partial charge in [0.05, 0.1) is 11.4 Å². The Morgan fingerprint density at radius 3 is 1.90 bits per heavy atom. The van der Waals surface area contributed by atoms with Crippen LogP contribution in [0.15, 0.2) is 48.8 Å². The smallest absolute Gasteiger partial charge is 0.0544 e. The predicted molar refractivity (Wildman–Crippen MR) is 86.7 cm³/mol. The van der Waals surface area contributed by atoms with Gasteiger partial charge in [0.1, 0.15) is 0 Å². The van der Waals surface area contributed by atoms with E-state index in [1.165, 1.54) is 25.7 Å². The first-order valence-corrected chi connectivity index (χ1v) is 7.90. The summed E-state index contributed by atoms with van der Waals surface area (Å²) >= 11 is 0. The standard InChI is InChI=1S/C18H25N3/c1-2-3-4-9-14-21(15-17-10-5-7-12-19-17)16-18-11-6-8-13-20-18/h5-8,10-13H,2-4,9,14-16H2,1H3. The van der Waals surface area contributed by atoms with E-state index in [1.807, 2.05) is 24.5 Å². The van der Waals surface area contributed by atoms with Gasteiger partial charge < -0.3 is 0 Å². The number of rotatable bonds is 9. The van der Waals surface area contributed by atoms with E-state index in [1.54, 1.807) is 0 Å². The van der Waals surface area contributed by atoms with Crippen LogP contribution in [0.5, 0.6) is 0 Å². The topological polar surface area (TPSA) is 29.0 Å². The summed E-state index contributed by atoms with van der Waals surface area (Å²) in [5.74, 6) is 0. The maximum Gasteiger partial charge on any atom is 0.0544 e. The number of hydrogen-bond donors (Lipinski definition) is 0. The van der Waals surface area contributed by atoms with Gasteiger partial charge in [-0.05, 0) is 37.2 Å². The zero-order valence-electron chi connectivity index (χ0n) is 12.9. The molecule has 0 spiro atoms. The van der Waals surface area contributed by atoms with Gasteiger partial charge in [0.25, 0.3) is 0 Å². The molecule has 0 saturated carbocycles. The van der Waals surface area contributed by atoms with Crippen molar-refractivity contribution in [3.05, 3.63) is 60.2 Å². The Balaban J connectivity index is 1.93. The van der Waals surface area contributed by atoms with Crippen molar-refractivity contribution in [2.24, 2.45) is 0 Å². The van der Waals surface area contributed by atoms with E-state index in [2.05, 4.69) is 46.1 Å². The average Bonchev–Trinajstić information content (AvgIpc) is 2.53. The lowest BCUT2D eigenvalue weighted by Gasteiger charge is -2.21. The van der Waals surface area contributed by atoms with Gasteiger partial charge in [0.15, 0.2) is 0 Å². The van der Waals surface area contributed by atoms with Gasteiger partial charge in [-0.3, -0.25) is 14.9 Å². The Morgan fingerprint density at radius 1 is 0.810 bits per heavy atom. The van der Waals surface area contributed by atoms with Crippen molar-refractivity contribution >= 4 is 0 Å². The molecule has 2 aromatic rings. The zero-order chi connectivity index (χ0) is 14.8. The highest BCUT2D eigenvalue weighted by Gasteiger charge is 2.08. The molecule has 0 bridgehead atoms. The Labute approximate surface area is 128 Å². The van der Waals surface area contributed by atoms with Gasteiger partial charge in [0, 0.05) is 25.5 Å². The van der Waals surface area contributed by atoms with Crippen LogP contribution in [0.25, 0.3) is 0 Å². The zero-order valence-corrected chi connectivity index (χ0v) is 12.9. The summed E-state index contributed by atoms with van der Waals surface area (Å²) in [4.78, 5) is 11.3. The highest BCUT2D eigenvalue weighted by Crippen LogP contribution is 2.09. The number of hydrogen-bond acceptors (Lipinski definition) is 3. The van der Waals surface area contributed by atoms with Crippen LogP contribution < -0.4 is 0 Å². The maximum absolute atomic E-state index is 4.44. The molecule has 0 N–H and O–H groups in total. The lowest BCUT2D eigenvalue weighted by Crippen LogP contribution is -2.25. The van der Waals surface area contributed by atoms with E-state index in [0.29, 0.717) is 0 Å². The normalized spacial score (nSPS) is 11.0. The molecular weight excluding hydrogens is 258 g/mol. The van der Waals surface area contributed by atoms with Gasteiger partial charge in [-0.2, -0.15) is 0 Å². The molecular formula is C18H25N3. The molecule has 0 radical (unpaired) electrons. The summed E-state index contributed by atoms with van der Waals surface area (Å²) in [6.45, 7) is 5.14. The second kappa shape index (κ2) is 9.24. The van der Waals surface area contributed by atoms with Crippen LogP contribution in [-0.4, -0.2) is 21.4 Å². The summed E-state index contributed by atoms with van der Waals surface area (Å²) < 4.78 is 0. The van der Waals surface area contributed by atoms with Crippen LogP contribution >= 0.6 is 0 Å². The third-order valence-electron chi connectivity index (χ3n) is 3.55. The fourth-order valence-electron chi connectivity index (χ4n) is 2.42. The number of nitrogens with zero attached hydrogens (tertiary/aromatic N) is 3. The van der Waals surface area contributed by atoms with Crippen molar-refractivity contribution in [3.8, 4) is 0 Å². The quantitative estimate of drug-likeness (QED) is 0.650. The third-order valence-corrected chi connectivity index (χ3v) is 3.55. The lowest BCUT2D eigenvalue weighted by molar-refractivity contribution is 0.244. The summed E-state index contributed by atoms with van der Waals surface area (Å²) in [5.41, 5.74) is 2.26. The van der Waals surface area contributed by atoms with E-state index < -0.39 is 0 Å². The van der Waals surface area contributed by atoms with Crippen LogP contribution in [0.2, 0.25) is 0 Å². The van der Waals surface area contributed by atoms with Gasteiger partial charge in [-0.25, -0.2) is 0 Å². The molecule has 112 valence electrons. The molecule has 0 unspecified atom stereocenters. The molecule has 0 aliphatic heterocycles. The predicted octanol–water partition coefficient (Wildman–Crippen LogP) is 4.06. The second-order valence-electron chi connectivity index (χ2n) is 5.41. The summed E-state index contributed by atoms with van der Waals surface area (Å²) in [6, 6.07) is 12.2. The van der Waals surface area contributed by atoms with E-state index >= 15 is 0 Å². The first kappa shape index (κ1) is 15.6. The molecule has 2 rings (SSSR count). The summed E-state index contributed by atoms with van der Waals surface area (Å²) in [7, 11) is 0. The van der Waals surface area contributed by atoms with E-state index in [-0.39, 0.29) is 0 Å². The van der Waals surface area contributed by atoms with Crippen LogP contribution in [0.3, 0.4) is 0 Å². The van der Waals surface area contributed by atoms with Crippen molar-refractivity contribution in [2.75, 3.05) is 6.54 Å². The average molecular weight is 283 g/mol. The molecule has 3 heteroatoms. The number of unbranched alkanes of at least 4 members (excludes halogenated alkanes) is 3. The SMILES string of the molecule is CCCCCCN(Cc1ccccn1)Cc1ccccn1. The first-order valence-electron chi connectivity index (χ1n) is 7.90. The summed E-state index contributed by atoms with van der Waals surface area (Å²) in [6.07, 6.45) is 8.88. The Morgan fingerprint density at radius 2 is 1.43 bits per heavy atom. The minimum Gasteiger partial charge on any atom is -0.292 e. The molecule has 2 aromatic heterocycles. The number of aromatic nitrogens is 2. The monoisotopic (exact) mass is 283 g/mol. The largest absolute Gasteiger partial charge is 0.292 e. The molecule has 3 nitrogen and oxygen atoms in total. The lowest BCUT2D eigenvalue weighted by atomic mass is 10.2. The fourth-order valence-corrected chi connectivity index (χ4v) is 2.42. The van der Waals surface area contributed by atoms with E-state index in [4.69, 9.17) is 0 Å². The van der Waals surface area contributed by atoms with Crippen LogP contribution in [0, 0.1) is 0 Å². The molecule has 0 atom stereocenters. The van der Waals surface area contributed by atoms with Crippen LogP contribution in [-0.2, 0) is 13.1 Å². The minimum atomic E-state index is 0.892. The molecule has 0 saturated heterocycles. The van der Waals surface area contributed by atoms with E-state index in [9.17, 15) is 0 Å². The van der Waals surface area contributed by atoms with Crippen LogP contribution in [0.1, 0.15) is 44.0 Å². The van der Waals surface area contributed by atoms with E-state index in [0.717, 1.165) is 31.0 Å². The van der Waals surface area contributed by atoms with Crippen molar-refractivity contribution in [1.82, 2.24) is 14.9 Å². The summed E-state index contributed by atoms with van der Waals surface area (Å²) in [5, 5.41) is 0. The Kier molecular flexibility index (Phi) is 6.89. The second-order valence-corrected chi connectivity index (χ2v) is 5.41. The molecule has 0 fully saturated rings. The van der Waals surface area contributed by atoms with Crippen molar-refractivity contribution in [2.45, 2.75) is 45.7 Å². The highest BCUT2D eigenvalue weighted by atomic mass is 15.1. The number of pyridine rings is 2. The van der Waals surface area contributed by atoms with Crippen LogP contribution in [0.4, 0.5) is 0 Å². The van der Waals surface area contributed by atoms with Crippen molar-refractivity contribution in [3.63, 3.8) is 0 Å². The molecule has 21 heavy (non-hydrogen) atoms. The van der Waals surface area contributed by atoms with Gasteiger partial charge >= 0.3 is 0 Å². The minimum absolute atomic E-state index is 0.892. The Hall–Kier alpha value is -1.74. The van der Waals surface area contributed by atoms with Crippen molar-refractivity contribution in [1.29, 1.82) is 0 Å². The van der Waals surface area contributed by atoms with Gasteiger partial charge in [-0.1, -0.05) is 38.3 Å². The maximum atomic E-state index is 4.44. The molecule has 0 amide bonds. The first-order chi connectivity index (χ1) is 10.4. The molecule has 0 aliphatic carbocycles. The van der Waals surface area contributed by atoms with Gasteiger partial charge in [0.2, 0.25) is 0 Å². The van der Waals surface area contributed by atoms with Gasteiger partial charge in [-0.15, -0.1) is 0 Å². The molecule has 0 aromatic carbocycles. The molecule has 2 heterocycles.